The van der Waals surface area contributed by atoms with Crippen LogP contribution in [0.3, 0.4) is 0 Å². The van der Waals surface area contributed by atoms with Crippen molar-refractivity contribution in [3.05, 3.63) is 0 Å². The van der Waals surface area contributed by atoms with Crippen molar-refractivity contribution in [3.63, 3.8) is 0 Å². The van der Waals surface area contributed by atoms with Crippen molar-refractivity contribution in [1.29, 1.82) is 0 Å². The zero-order valence-electron chi connectivity index (χ0n) is 9.66. The van der Waals surface area contributed by atoms with Gasteiger partial charge in [-0.05, 0) is 39.0 Å². The van der Waals surface area contributed by atoms with Gasteiger partial charge in [0.1, 0.15) is 6.79 Å². The van der Waals surface area contributed by atoms with Gasteiger partial charge in [-0.2, -0.15) is 0 Å². The van der Waals surface area contributed by atoms with E-state index in [4.69, 9.17) is 14.6 Å². The third-order valence-corrected chi connectivity index (χ3v) is 2.10. The molecule has 0 fully saturated rings. The first kappa shape index (κ1) is 13.9. The Morgan fingerprint density at radius 1 is 1.21 bits per heavy atom. The van der Waals surface area contributed by atoms with E-state index in [1.54, 1.807) is 0 Å². The van der Waals surface area contributed by atoms with Crippen molar-refractivity contribution in [1.82, 2.24) is 0 Å². The molecule has 3 heteroatoms. The quantitative estimate of drug-likeness (QED) is 0.462. The molecule has 86 valence electrons. The summed E-state index contributed by atoms with van der Waals surface area (Å²) in [4.78, 5) is 0. The van der Waals surface area contributed by atoms with E-state index in [1.165, 1.54) is 0 Å². The average Bonchev–Trinajstić information content (AvgIpc) is 2.10. The van der Waals surface area contributed by atoms with Gasteiger partial charge in [0.2, 0.25) is 0 Å². The minimum atomic E-state index is -0.186. The van der Waals surface area contributed by atoms with Crippen LogP contribution in [0.2, 0.25) is 0 Å². The summed E-state index contributed by atoms with van der Waals surface area (Å²) in [7, 11) is 0. The summed E-state index contributed by atoms with van der Waals surface area (Å²) in [5, 5.41) is 9.14. The van der Waals surface area contributed by atoms with Crippen molar-refractivity contribution < 1.29 is 14.6 Å². The smallest absolute Gasteiger partial charge is 0.146 e. The normalized spacial score (nSPS) is 15.4. The monoisotopic (exact) mass is 204 g/mol. The largest absolute Gasteiger partial charge is 0.393 e. The maximum absolute atomic E-state index is 9.14. The molecule has 0 aliphatic rings. The summed E-state index contributed by atoms with van der Waals surface area (Å²) in [6, 6.07) is 0. The molecule has 2 atom stereocenters. The van der Waals surface area contributed by atoms with E-state index in [2.05, 4.69) is 6.92 Å². The average molecular weight is 204 g/mol. The second-order valence-corrected chi connectivity index (χ2v) is 3.85. The molecule has 0 amide bonds. The molecule has 0 rings (SSSR count). The molecule has 3 nitrogen and oxygen atoms in total. The van der Waals surface area contributed by atoms with Crippen molar-refractivity contribution in [3.8, 4) is 0 Å². The van der Waals surface area contributed by atoms with Crippen LogP contribution in [-0.4, -0.2) is 31.2 Å². The van der Waals surface area contributed by atoms with Gasteiger partial charge >= 0.3 is 0 Å². The summed E-state index contributed by atoms with van der Waals surface area (Å²) in [6.07, 6.45) is 2.85. The van der Waals surface area contributed by atoms with Gasteiger partial charge in [0, 0.05) is 13.2 Å². The zero-order chi connectivity index (χ0) is 10.8. The molecular formula is C11H24O3. The first-order valence-corrected chi connectivity index (χ1v) is 5.50. The lowest BCUT2D eigenvalue weighted by Gasteiger charge is -2.12. The van der Waals surface area contributed by atoms with E-state index >= 15 is 0 Å². The van der Waals surface area contributed by atoms with Gasteiger partial charge in [-0.1, -0.05) is 6.92 Å². The molecule has 0 aromatic heterocycles. The van der Waals surface area contributed by atoms with Crippen molar-refractivity contribution in [2.75, 3.05) is 20.0 Å². The van der Waals surface area contributed by atoms with Crippen molar-refractivity contribution in [2.24, 2.45) is 5.92 Å². The highest BCUT2D eigenvalue weighted by atomic mass is 16.7. The predicted molar refractivity (Wildman–Crippen MR) is 57.1 cm³/mol. The van der Waals surface area contributed by atoms with Gasteiger partial charge in [-0.25, -0.2) is 0 Å². The lowest BCUT2D eigenvalue weighted by atomic mass is 9.99. The molecule has 0 radical (unpaired) electrons. The second-order valence-electron chi connectivity index (χ2n) is 3.85. The Bertz CT molecular complexity index is 115. The van der Waals surface area contributed by atoms with Gasteiger partial charge < -0.3 is 14.6 Å². The summed E-state index contributed by atoms with van der Waals surface area (Å²) in [5.41, 5.74) is 0. The first-order valence-electron chi connectivity index (χ1n) is 5.50. The minimum Gasteiger partial charge on any atom is -0.393 e. The van der Waals surface area contributed by atoms with E-state index in [9.17, 15) is 0 Å². The maximum atomic E-state index is 9.14. The van der Waals surface area contributed by atoms with E-state index in [1.807, 2.05) is 13.8 Å². The molecule has 0 aliphatic heterocycles. The van der Waals surface area contributed by atoms with E-state index in [-0.39, 0.29) is 6.10 Å². The molecule has 0 aromatic rings. The summed E-state index contributed by atoms with van der Waals surface area (Å²) in [6.45, 7) is 7.81. The van der Waals surface area contributed by atoms with Crippen LogP contribution in [0.4, 0.5) is 0 Å². The number of aliphatic hydroxyl groups excluding tert-OH is 1. The van der Waals surface area contributed by atoms with E-state index < -0.39 is 0 Å². The number of aliphatic hydroxyl groups is 1. The highest BCUT2D eigenvalue weighted by Gasteiger charge is 2.05. The number of rotatable bonds is 9. The summed E-state index contributed by atoms with van der Waals surface area (Å²) >= 11 is 0. The van der Waals surface area contributed by atoms with Crippen molar-refractivity contribution >= 4 is 0 Å². The Balaban J connectivity index is 3.10. The molecule has 0 aliphatic carbocycles. The highest BCUT2D eigenvalue weighted by Crippen LogP contribution is 2.12. The maximum Gasteiger partial charge on any atom is 0.146 e. The molecule has 0 bridgehead atoms. The van der Waals surface area contributed by atoms with Gasteiger partial charge in [0.25, 0.3) is 0 Å². The molecule has 0 spiro atoms. The topological polar surface area (TPSA) is 38.7 Å². The number of hydrogen-bond donors (Lipinski definition) is 1. The Labute approximate surface area is 87.4 Å². The Morgan fingerprint density at radius 3 is 2.50 bits per heavy atom. The molecule has 14 heavy (non-hydrogen) atoms. The van der Waals surface area contributed by atoms with Crippen LogP contribution in [0, 0.1) is 5.92 Å². The van der Waals surface area contributed by atoms with Gasteiger partial charge in [0.15, 0.2) is 0 Å². The molecule has 0 saturated heterocycles. The Hall–Kier alpha value is -0.120. The molecule has 1 N–H and O–H groups in total. The molecular weight excluding hydrogens is 180 g/mol. The minimum absolute atomic E-state index is 0.186. The van der Waals surface area contributed by atoms with E-state index in [0.29, 0.717) is 19.3 Å². The fourth-order valence-electron chi connectivity index (χ4n) is 1.44. The van der Waals surface area contributed by atoms with Crippen molar-refractivity contribution in [2.45, 2.75) is 46.1 Å². The van der Waals surface area contributed by atoms with Gasteiger partial charge in [-0.3, -0.25) is 0 Å². The van der Waals surface area contributed by atoms with Crippen LogP contribution in [-0.2, 0) is 9.47 Å². The molecule has 2 unspecified atom stereocenters. The van der Waals surface area contributed by atoms with Gasteiger partial charge in [0.05, 0.1) is 6.10 Å². The number of ether oxygens (including phenoxy) is 2. The third kappa shape index (κ3) is 9.96. The zero-order valence-corrected chi connectivity index (χ0v) is 9.66. The fraction of sp³-hybridized carbons (Fsp3) is 1.00. The van der Waals surface area contributed by atoms with Crippen LogP contribution in [0.1, 0.15) is 40.0 Å². The van der Waals surface area contributed by atoms with Crippen LogP contribution >= 0.6 is 0 Å². The van der Waals surface area contributed by atoms with E-state index in [0.717, 1.165) is 25.9 Å². The summed E-state index contributed by atoms with van der Waals surface area (Å²) in [5.74, 6) is 0.575. The Kier molecular flexibility index (Phi) is 9.35. The highest BCUT2D eigenvalue weighted by molar-refractivity contribution is 4.57. The SMILES string of the molecule is CCOCOCCCC(C)CC(C)O. The lowest BCUT2D eigenvalue weighted by molar-refractivity contribution is -0.0509. The lowest BCUT2D eigenvalue weighted by Crippen LogP contribution is -2.08. The Morgan fingerprint density at radius 2 is 1.93 bits per heavy atom. The third-order valence-electron chi connectivity index (χ3n) is 2.10. The fourth-order valence-corrected chi connectivity index (χ4v) is 1.44. The van der Waals surface area contributed by atoms with Crippen LogP contribution in [0.25, 0.3) is 0 Å². The molecule has 0 aromatic carbocycles. The standard InChI is InChI=1S/C11H24O3/c1-4-13-9-14-7-5-6-10(2)8-11(3)12/h10-12H,4-9H2,1-3H3. The first-order chi connectivity index (χ1) is 6.66. The van der Waals surface area contributed by atoms with Crippen LogP contribution in [0.15, 0.2) is 0 Å². The number of hydrogen-bond acceptors (Lipinski definition) is 3. The molecule has 0 heterocycles. The van der Waals surface area contributed by atoms with Crippen LogP contribution in [0.5, 0.6) is 0 Å². The predicted octanol–water partition coefficient (Wildman–Crippen LogP) is 2.18. The van der Waals surface area contributed by atoms with Crippen LogP contribution < -0.4 is 0 Å². The summed E-state index contributed by atoms with van der Waals surface area (Å²) < 4.78 is 10.3. The second kappa shape index (κ2) is 9.44. The van der Waals surface area contributed by atoms with Gasteiger partial charge in [-0.15, -0.1) is 0 Å². The molecule has 0 saturated carbocycles.